The lowest BCUT2D eigenvalue weighted by Crippen LogP contribution is -2.42. The first-order valence-corrected chi connectivity index (χ1v) is 7.73. The van der Waals surface area contributed by atoms with E-state index >= 15 is 0 Å². The molecule has 2 saturated heterocycles. The predicted molar refractivity (Wildman–Crippen MR) is 83.7 cm³/mol. The van der Waals surface area contributed by atoms with Gasteiger partial charge in [-0.2, -0.15) is 0 Å². The Kier molecular flexibility index (Phi) is 4.26. The molecule has 0 aromatic carbocycles. The summed E-state index contributed by atoms with van der Waals surface area (Å²) in [7, 11) is 2.20. The van der Waals surface area contributed by atoms with Crippen molar-refractivity contribution in [3.05, 3.63) is 12.4 Å². The minimum absolute atomic E-state index is 0.371. The molecule has 1 aromatic rings. The van der Waals surface area contributed by atoms with Gasteiger partial charge in [-0.25, -0.2) is 9.97 Å². The Morgan fingerprint density at radius 1 is 1.24 bits per heavy atom. The summed E-state index contributed by atoms with van der Waals surface area (Å²) in [5.74, 6) is 2.45. The number of hydrogen-bond donors (Lipinski definition) is 1. The molecule has 3 heterocycles. The van der Waals surface area contributed by atoms with Gasteiger partial charge in [-0.05, 0) is 20.9 Å². The van der Waals surface area contributed by atoms with E-state index in [-0.39, 0.29) is 0 Å². The lowest BCUT2D eigenvalue weighted by molar-refractivity contribution is 0.0930. The number of likely N-dealkylation sites (N-methyl/N-ethyl adjacent to an activating group) is 1. The van der Waals surface area contributed by atoms with Crippen molar-refractivity contribution in [3.8, 4) is 0 Å². The van der Waals surface area contributed by atoms with Crippen LogP contribution in [0, 0.1) is 5.92 Å². The van der Waals surface area contributed by atoms with Crippen molar-refractivity contribution in [2.24, 2.45) is 5.92 Å². The molecule has 2 atom stereocenters. The fourth-order valence-corrected chi connectivity index (χ4v) is 3.13. The second-order valence-corrected chi connectivity index (χ2v) is 6.46. The Morgan fingerprint density at radius 2 is 2.10 bits per heavy atom. The molecule has 21 heavy (non-hydrogen) atoms. The zero-order valence-electron chi connectivity index (χ0n) is 13.1. The number of anilines is 2. The van der Waals surface area contributed by atoms with Crippen LogP contribution in [0.15, 0.2) is 12.4 Å². The van der Waals surface area contributed by atoms with Gasteiger partial charge >= 0.3 is 0 Å². The molecule has 3 rings (SSSR count). The molecule has 1 aromatic heterocycles. The van der Waals surface area contributed by atoms with Gasteiger partial charge < -0.3 is 15.0 Å². The van der Waals surface area contributed by atoms with Gasteiger partial charge in [-0.3, -0.25) is 4.90 Å². The molecule has 6 heteroatoms. The standard InChI is InChI=1S/C15H25N5O/c1-11(2)18-14-4-15(17-10-16-14)20-6-12-5-19(3)13(7-20)9-21-8-12/h4,10-13H,5-9H2,1-3H3,(H,16,17,18)/t12-,13+/m1/s1. The topological polar surface area (TPSA) is 53.5 Å². The summed E-state index contributed by atoms with van der Waals surface area (Å²) in [5.41, 5.74) is 0. The zero-order chi connectivity index (χ0) is 14.8. The molecule has 2 aliphatic heterocycles. The molecule has 116 valence electrons. The molecule has 1 N–H and O–H groups in total. The Morgan fingerprint density at radius 3 is 2.90 bits per heavy atom. The second-order valence-electron chi connectivity index (χ2n) is 6.46. The number of hydrogen-bond acceptors (Lipinski definition) is 6. The normalized spacial score (nSPS) is 26.8. The van der Waals surface area contributed by atoms with Crippen molar-refractivity contribution in [2.45, 2.75) is 25.9 Å². The fraction of sp³-hybridized carbons (Fsp3) is 0.733. The Labute approximate surface area is 126 Å². The molecule has 2 bridgehead atoms. The third kappa shape index (κ3) is 3.44. The van der Waals surface area contributed by atoms with E-state index in [2.05, 4.69) is 52.0 Å². The maximum Gasteiger partial charge on any atom is 0.134 e. The van der Waals surface area contributed by atoms with Crippen LogP contribution < -0.4 is 10.2 Å². The second kappa shape index (κ2) is 6.15. The van der Waals surface area contributed by atoms with Crippen molar-refractivity contribution >= 4 is 11.6 Å². The highest BCUT2D eigenvalue weighted by atomic mass is 16.5. The maximum atomic E-state index is 5.78. The van der Waals surface area contributed by atoms with Crippen LogP contribution in [0.3, 0.4) is 0 Å². The van der Waals surface area contributed by atoms with Gasteiger partial charge in [0.25, 0.3) is 0 Å². The third-order valence-corrected chi connectivity index (χ3v) is 4.16. The Hall–Kier alpha value is -1.40. The van der Waals surface area contributed by atoms with Gasteiger partial charge in [0, 0.05) is 37.7 Å². The summed E-state index contributed by atoms with van der Waals surface area (Å²) in [6, 6.07) is 2.87. The number of rotatable bonds is 3. The molecule has 0 amide bonds. The average molecular weight is 291 g/mol. The van der Waals surface area contributed by atoms with E-state index in [9.17, 15) is 0 Å². The van der Waals surface area contributed by atoms with Crippen LogP contribution in [-0.2, 0) is 4.74 Å². The van der Waals surface area contributed by atoms with Crippen molar-refractivity contribution in [1.82, 2.24) is 14.9 Å². The molecule has 0 spiro atoms. The van der Waals surface area contributed by atoms with Crippen molar-refractivity contribution < 1.29 is 4.74 Å². The molecule has 0 saturated carbocycles. The minimum atomic E-state index is 0.371. The van der Waals surface area contributed by atoms with Gasteiger partial charge in [-0.1, -0.05) is 0 Å². The van der Waals surface area contributed by atoms with Crippen LogP contribution in [0.25, 0.3) is 0 Å². The molecule has 2 fully saturated rings. The number of nitrogens with zero attached hydrogens (tertiary/aromatic N) is 4. The molecular weight excluding hydrogens is 266 g/mol. The van der Waals surface area contributed by atoms with Gasteiger partial charge in [0.2, 0.25) is 0 Å². The monoisotopic (exact) mass is 291 g/mol. The van der Waals surface area contributed by atoms with Crippen LogP contribution in [0.5, 0.6) is 0 Å². The summed E-state index contributed by atoms with van der Waals surface area (Å²) < 4.78 is 5.78. The maximum absolute atomic E-state index is 5.78. The number of nitrogens with one attached hydrogen (secondary N) is 1. The quantitative estimate of drug-likeness (QED) is 0.899. The Balaban J connectivity index is 1.80. The van der Waals surface area contributed by atoms with Gasteiger partial charge in [0.05, 0.1) is 19.3 Å². The van der Waals surface area contributed by atoms with Crippen LogP contribution >= 0.6 is 0 Å². The largest absolute Gasteiger partial charge is 0.379 e. The summed E-state index contributed by atoms with van der Waals surface area (Å²) >= 11 is 0. The highest BCUT2D eigenvalue weighted by Gasteiger charge is 2.31. The molecule has 6 nitrogen and oxygen atoms in total. The first kappa shape index (κ1) is 14.5. The SMILES string of the molecule is CC(C)Nc1cc(N2C[C@@H]3COC[C@H](C2)N(C)C3)ncn1. The van der Waals surface area contributed by atoms with Crippen molar-refractivity contribution in [2.75, 3.05) is 50.1 Å². The van der Waals surface area contributed by atoms with E-state index in [1.54, 1.807) is 6.33 Å². The number of fused-ring (bicyclic) bond motifs is 3. The molecule has 0 aliphatic carbocycles. The summed E-state index contributed by atoms with van der Waals surface area (Å²) in [6.45, 7) is 8.95. The van der Waals surface area contributed by atoms with Gasteiger partial charge in [0.15, 0.2) is 0 Å². The minimum Gasteiger partial charge on any atom is -0.379 e. The van der Waals surface area contributed by atoms with Crippen LogP contribution in [-0.4, -0.2) is 66.8 Å². The molecule has 2 aliphatic rings. The van der Waals surface area contributed by atoms with E-state index in [0.29, 0.717) is 18.0 Å². The number of aromatic nitrogens is 2. The first-order valence-electron chi connectivity index (χ1n) is 7.73. The fourth-order valence-electron chi connectivity index (χ4n) is 3.13. The van der Waals surface area contributed by atoms with E-state index in [1.807, 2.05) is 0 Å². The summed E-state index contributed by atoms with van der Waals surface area (Å²) in [6.07, 6.45) is 1.65. The number of ether oxygens (including phenoxy) is 1. The highest BCUT2D eigenvalue weighted by molar-refractivity contribution is 5.49. The molecule has 0 unspecified atom stereocenters. The lowest BCUT2D eigenvalue weighted by Gasteiger charge is -2.30. The van der Waals surface area contributed by atoms with E-state index < -0.39 is 0 Å². The van der Waals surface area contributed by atoms with Crippen LogP contribution in [0.4, 0.5) is 11.6 Å². The van der Waals surface area contributed by atoms with E-state index in [0.717, 1.165) is 44.5 Å². The molecule has 0 radical (unpaired) electrons. The summed E-state index contributed by atoms with van der Waals surface area (Å²) in [4.78, 5) is 13.6. The van der Waals surface area contributed by atoms with Gasteiger partial charge in [-0.15, -0.1) is 0 Å². The van der Waals surface area contributed by atoms with Crippen LogP contribution in [0.1, 0.15) is 13.8 Å². The Bertz CT molecular complexity index is 481. The van der Waals surface area contributed by atoms with E-state index in [4.69, 9.17) is 4.74 Å². The van der Waals surface area contributed by atoms with Crippen molar-refractivity contribution in [3.63, 3.8) is 0 Å². The first-order chi connectivity index (χ1) is 10.1. The lowest BCUT2D eigenvalue weighted by atomic mass is 10.1. The predicted octanol–water partition coefficient (Wildman–Crippen LogP) is 1.06. The summed E-state index contributed by atoms with van der Waals surface area (Å²) in [5, 5.41) is 3.35. The van der Waals surface area contributed by atoms with E-state index in [1.165, 1.54) is 0 Å². The molecular formula is C15H25N5O. The van der Waals surface area contributed by atoms with Crippen molar-refractivity contribution in [1.29, 1.82) is 0 Å². The zero-order valence-corrected chi connectivity index (χ0v) is 13.1. The van der Waals surface area contributed by atoms with Gasteiger partial charge in [0.1, 0.15) is 18.0 Å². The average Bonchev–Trinajstić information content (AvgIpc) is 2.66. The smallest absolute Gasteiger partial charge is 0.134 e. The third-order valence-electron chi connectivity index (χ3n) is 4.16. The highest BCUT2D eigenvalue weighted by Crippen LogP contribution is 2.23. The van der Waals surface area contributed by atoms with Crippen LogP contribution in [0.2, 0.25) is 0 Å².